The molecule has 6 nitrogen and oxygen atoms in total. The van der Waals surface area contributed by atoms with Crippen LogP contribution in [0.5, 0.6) is 0 Å². The SMILES string of the molecule is COC(=O)c1cccc(C(=O)N[C@@H](Cc2cccc(C)c2)C(N)=O)c1. The normalized spacial score (nSPS) is 11.4. The van der Waals surface area contributed by atoms with Gasteiger partial charge in [0.15, 0.2) is 0 Å². The summed E-state index contributed by atoms with van der Waals surface area (Å²) < 4.78 is 4.64. The first-order valence-electron chi connectivity index (χ1n) is 7.75. The Hall–Kier alpha value is -3.15. The Morgan fingerprint density at radius 1 is 1.08 bits per heavy atom. The summed E-state index contributed by atoms with van der Waals surface area (Å²) in [5.74, 6) is -1.65. The summed E-state index contributed by atoms with van der Waals surface area (Å²) >= 11 is 0. The molecule has 0 heterocycles. The van der Waals surface area contributed by atoms with Crippen LogP contribution in [0, 0.1) is 6.92 Å². The number of nitrogens with one attached hydrogen (secondary N) is 1. The fourth-order valence-corrected chi connectivity index (χ4v) is 2.44. The molecule has 2 rings (SSSR count). The Labute approximate surface area is 146 Å². The van der Waals surface area contributed by atoms with Gasteiger partial charge in [0, 0.05) is 12.0 Å². The predicted molar refractivity (Wildman–Crippen MR) is 93.1 cm³/mol. The van der Waals surface area contributed by atoms with Gasteiger partial charge in [-0.15, -0.1) is 0 Å². The third kappa shape index (κ3) is 4.91. The van der Waals surface area contributed by atoms with E-state index in [2.05, 4.69) is 10.1 Å². The maximum Gasteiger partial charge on any atom is 0.337 e. The average Bonchev–Trinajstić information content (AvgIpc) is 2.60. The molecule has 0 radical (unpaired) electrons. The van der Waals surface area contributed by atoms with Crippen molar-refractivity contribution in [2.24, 2.45) is 5.73 Å². The summed E-state index contributed by atoms with van der Waals surface area (Å²) in [4.78, 5) is 35.7. The van der Waals surface area contributed by atoms with Crippen LogP contribution in [0.25, 0.3) is 0 Å². The van der Waals surface area contributed by atoms with Crippen LogP contribution in [0.2, 0.25) is 0 Å². The zero-order chi connectivity index (χ0) is 18.4. The van der Waals surface area contributed by atoms with E-state index in [1.807, 2.05) is 31.2 Å². The summed E-state index contributed by atoms with van der Waals surface area (Å²) in [5, 5.41) is 2.62. The highest BCUT2D eigenvalue weighted by molar-refractivity contribution is 5.99. The monoisotopic (exact) mass is 340 g/mol. The Bertz CT molecular complexity index is 802. The standard InChI is InChI=1S/C19H20N2O4/c1-12-5-3-6-13(9-12)10-16(17(20)22)21-18(23)14-7-4-8-15(11-14)19(24)25-2/h3-9,11,16H,10H2,1-2H3,(H2,20,22)(H,21,23)/t16-/m0/s1. The molecule has 2 aromatic rings. The van der Waals surface area contributed by atoms with Crippen molar-refractivity contribution in [3.8, 4) is 0 Å². The number of primary amides is 1. The Morgan fingerprint density at radius 2 is 1.76 bits per heavy atom. The molecule has 130 valence electrons. The largest absolute Gasteiger partial charge is 0.465 e. The molecule has 0 unspecified atom stereocenters. The molecular formula is C19H20N2O4. The number of carbonyl (C=O) groups excluding carboxylic acids is 3. The molecule has 0 aliphatic rings. The number of hydrogen-bond acceptors (Lipinski definition) is 4. The zero-order valence-electron chi connectivity index (χ0n) is 14.1. The van der Waals surface area contributed by atoms with E-state index in [1.165, 1.54) is 13.2 Å². The number of esters is 1. The minimum atomic E-state index is -0.851. The second-order valence-corrected chi connectivity index (χ2v) is 5.69. The van der Waals surface area contributed by atoms with E-state index >= 15 is 0 Å². The van der Waals surface area contributed by atoms with Gasteiger partial charge in [-0.2, -0.15) is 0 Å². The van der Waals surface area contributed by atoms with Gasteiger partial charge in [0.2, 0.25) is 5.91 Å². The van der Waals surface area contributed by atoms with E-state index < -0.39 is 23.8 Å². The topological polar surface area (TPSA) is 98.5 Å². The molecule has 0 saturated heterocycles. The second-order valence-electron chi connectivity index (χ2n) is 5.69. The van der Waals surface area contributed by atoms with Crippen molar-refractivity contribution in [1.29, 1.82) is 0 Å². The van der Waals surface area contributed by atoms with Crippen LogP contribution in [0.4, 0.5) is 0 Å². The van der Waals surface area contributed by atoms with Crippen molar-refractivity contribution in [2.45, 2.75) is 19.4 Å². The summed E-state index contributed by atoms with van der Waals surface area (Å²) in [6, 6.07) is 12.8. The molecule has 0 aliphatic heterocycles. The lowest BCUT2D eigenvalue weighted by Crippen LogP contribution is -2.45. The molecule has 0 spiro atoms. The number of benzene rings is 2. The van der Waals surface area contributed by atoms with Gasteiger partial charge in [-0.05, 0) is 30.7 Å². The van der Waals surface area contributed by atoms with E-state index in [-0.39, 0.29) is 11.1 Å². The second kappa shape index (κ2) is 8.10. The molecule has 0 aliphatic carbocycles. The number of rotatable bonds is 6. The summed E-state index contributed by atoms with van der Waals surface area (Å²) in [6.07, 6.45) is 0.291. The molecule has 0 aromatic heterocycles. The van der Waals surface area contributed by atoms with Crippen LogP contribution in [0.3, 0.4) is 0 Å². The fraction of sp³-hybridized carbons (Fsp3) is 0.211. The summed E-state index contributed by atoms with van der Waals surface area (Å²) in [7, 11) is 1.26. The molecule has 0 saturated carbocycles. The highest BCUT2D eigenvalue weighted by Gasteiger charge is 2.20. The van der Waals surface area contributed by atoms with E-state index in [1.54, 1.807) is 18.2 Å². The van der Waals surface area contributed by atoms with Gasteiger partial charge in [-0.1, -0.05) is 35.9 Å². The lowest BCUT2D eigenvalue weighted by atomic mass is 10.0. The van der Waals surface area contributed by atoms with Crippen molar-refractivity contribution in [2.75, 3.05) is 7.11 Å². The highest BCUT2D eigenvalue weighted by Crippen LogP contribution is 2.10. The maximum atomic E-state index is 12.4. The number of amides is 2. The third-order valence-corrected chi connectivity index (χ3v) is 3.72. The first kappa shape index (κ1) is 18.2. The van der Waals surface area contributed by atoms with Crippen molar-refractivity contribution in [1.82, 2.24) is 5.32 Å². The van der Waals surface area contributed by atoms with Crippen LogP contribution in [-0.2, 0) is 16.0 Å². The molecule has 0 bridgehead atoms. The molecule has 6 heteroatoms. The van der Waals surface area contributed by atoms with Crippen molar-refractivity contribution in [3.05, 3.63) is 70.8 Å². The van der Waals surface area contributed by atoms with Crippen LogP contribution >= 0.6 is 0 Å². The Kier molecular flexibility index (Phi) is 5.89. The molecule has 2 aromatic carbocycles. The number of carbonyl (C=O) groups is 3. The number of nitrogens with two attached hydrogens (primary N) is 1. The van der Waals surface area contributed by atoms with Gasteiger partial charge in [-0.3, -0.25) is 9.59 Å². The molecular weight excluding hydrogens is 320 g/mol. The third-order valence-electron chi connectivity index (χ3n) is 3.72. The van der Waals surface area contributed by atoms with Gasteiger partial charge >= 0.3 is 5.97 Å². The minimum absolute atomic E-state index is 0.249. The quantitative estimate of drug-likeness (QED) is 0.781. The van der Waals surface area contributed by atoms with Gasteiger partial charge in [0.05, 0.1) is 12.7 Å². The first-order valence-corrected chi connectivity index (χ1v) is 7.75. The van der Waals surface area contributed by atoms with Crippen LogP contribution in [0.15, 0.2) is 48.5 Å². The number of ether oxygens (including phenoxy) is 1. The van der Waals surface area contributed by atoms with Crippen LogP contribution < -0.4 is 11.1 Å². The maximum absolute atomic E-state index is 12.4. The van der Waals surface area contributed by atoms with Gasteiger partial charge in [0.25, 0.3) is 5.91 Å². The smallest absolute Gasteiger partial charge is 0.337 e. The van der Waals surface area contributed by atoms with Crippen molar-refractivity contribution >= 4 is 17.8 Å². The Balaban J connectivity index is 2.15. The zero-order valence-corrected chi connectivity index (χ0v) is 14.1. The van der Waals surface area contributed by atoms with E-state index in [9.17, 15) is 14.4 Å². The number of aryl methyl sites for hydroxylation is 1. The Morgan fingerprint density at radius 3 is 2.40 bits per heavy atom. The lowest BCUT2D eigenvalue weighted by Gasteiger charge is -2.16. The van der Waals surface area contributed by atoms with Gasteiger partial charge < -0.3 is 15.8 Å². The van der Waals surface area contributed by atoms with E-state index in [4.69, 9.17) is 5.73 Å². The average molecular weight is 340 g/mol. The summed E-state index contributed by atoms with van der Waals surface area (Å²) in [5.41, 5.74) is 7.87. The number of methoxy groups -OCH3 is 1. The van der Waals surface area contributed by atoms with Gasteiger partial charge in [0.1, 0.15) is 6.04 Å². The molecule has 1 atom stereocenters. The van der Waals surface area contributed by atoms with Crippen molar-refractivity contribution < 1.29 is 19.1 Å². The van der Waals surface area contributed by atoms with Crippen LogP contribution in [0.1, 0.15) is 31.8 Å². The fourth-order valence-electron chi connectivity index (χ4n) is 2.44. The van der Waals surface area contributed by atoms with Crippen LogP contribution in [-0.4, -0.2) is 30.9 Å². The lowest BCUT2D eigenvalue weighted by molar-refractivity contribution is -0.119. The van der Waals surface area contributed by atoms with E-state index in [0.29, 0.717) is 6.42 Å². The predicted octanol–water partition coefficient (Wildman–Crippen LogP) is 1.61. The molecule has 2 amide bonds. The molecule has 25 heavy (non-hydrogen) atoms. The molecule has 3 N–H and O–H groups in total. The molecule has 0 fully saturated rings. The number of hydrogen-bond donors (Lipinski definition) is 2. The summed E-state index contributed by atoms with van der Waals surface area (Å²) in [6.45, 7) is 1.94. The van der Waals surface area contributed by atoms with E-state index in [0.717, 1.165) is 11.1 Å². The van der Waals surface area contributed by atoms with Gasteiger partial charge in [-0.25, -0.2) is 4.79 Å². The van der Waals surface area contributed by atoms with Crippen molar-refractivity contribution in [3.63, 3.8) is 0 Å². The first-order chi connectivity index (χ1) is 11.9. The minimum Gasteiger partial charge on any atom is -0.465 e. The highest BCUT2D eigenvalue weighted by atomic mass is 16.5.